The van der Waals surface area contributed by atoms with Crippen LogP contribution in [0.25, 0.3) is 17.7 Å². The fraction of sp³-hybridized carbons (Fsp3) is 0.353. The molecule has 10 heteroatoms. The average molecular weight is 632 g/mol. The van der Waals surface area contributed by atoms with Crippen molar-refractivity contribution in [3.05, 3.63) is 98.4 Å². The maximum Gasteiger partial charge on any atom is 0.416 e. The molecule has 0 aliphatic heterocycles. The first-order chi connectivity index (χ1) is 20.5. The molecule has 2 aliphatic carbocycles. The van der Waals surface area contributed by atoms with E-state index in [1.165, 1.54) is 11.1 Å². The summed E-state index contributed by atoms with van der Waals surface area (Å²) in [6.45, 7) is 6.37. The van der Waals surface area contributed by atoms with E-state index >= 15 is 0 Å². The van der Waals surface area contributed by atoms with Crippen molar-refractivity contribution in [2.45, 2.75) is 51.1 Å². The summed E-state index contributed by atoms with van der Waals surface area (Å²) >= 11 is 4.59. The van der Waals surface area contributed by atoms with Gasteiger partial charge in [-0.05, 0) is 76.6 Å². The molecule has 5 rings (SSSR count). The molecule has 0 spiro atoms. The Morgan fingerprint density at radius 2 is 1.55 bits per heavy atom. The molecule has 3 nitrogen and oxygen atoms in total. The highest BCUT2D eigenvalue weighted by Gasteiger charge is 2.37. The smallest absolute Gasteiger partial charge is 0.377 e. The maximum atomic E-state index is 13.5. The number of alkyl halides is 6. The summed E-state index contributed by atoms with van der Waals surface area (Å²) in [4.78, 5) is 2.07. The third-order valence-electron chi connectivity index (χ3n) is 8.51. The normalized spacial score (nSPS) is 20.7. The lowest BCUT2D eigenvalue weighted by molar-refractivity contribution is -0.143. The van der Waals surface area contributed by atoms with Gasteiger partial charge in [0.05, 0.1) is 11.1 Å². The van der Waals surface area contributed by atoms with Crippen LogP contribution in [0.3, 0.4) is 0 Å². The number of hydrogen-bond donors (Lipinski definition) is 3. The number of hydrogen-bond acceptors (Lipinski definition) is 4. The van der Waals surface area contributed by atoms with Crippen molar-refractivity contribution in [3.63, 3.8) is 0 Å². The SMILES string of the molecule is CC1=Cc2ccc(N(C)C)c(C3=c4ccccc4=C[C@H](C)[C@H]3NC(S)Nc3cc(C(F)(F)F)cc(C(F)(F)F)c3)c2C[C@H]1C. The lowest BCUT2D eigenvalue weighted by atomic mass is 9.76. The summed E-state index contributed by atoms with van der Waals surface area (Å²) in [7, 11) is 3.97. The third kappa shape index (κ3) is 6.38. The van der Waals surface area contributed by atoms with Crippen molar-refractivity contribution in [3.8, 4) is 0 Å². The Labute approximate surface area is 258 Å². The third-order valence-corrected chi connectivity index (χ3v) is 8.79. The molecule has 0 radical (unpaired) electrons. The summed E-state index contributed by atoms with van der Waals surface area (Å²) < 4.78 is 81.1. The molecule has 0 saturated carbocycles. The van der Waals surface area contributed by atoms with E-state index in [0.29, 0.717) is 18.1 Å². The Morgan fingerprint density at radius 3 is 2.16 bits per heavy atom. The zero-order chi connectivity index (χ0) is 32.1. The van der Waals surface area contributed by atoms with Crippen molar-refractivity contribution in [1.29, 1.82) is 0 Å². The molecular formula is C34H35F6N3S. The van der Waals surface area contributed by atoms with Crippen LogP contribution in [0.5, 0.6) is 0 Å². The number of nitrogens with one attached hydrogen (secondary N) is 2. The summed E-state index contributed by atoms with van der Waals surface area (Å²) in [5.41, 5.74) is 2.65. The van der Waals surface area contributed by atoms with Gasteiger partial charge in [-0.15, -0.1) is 12.6 Å². The van der Waals surface area contributed by atoms with Gasteiger partial charge >= 0.3 is 12.4 Å². The monoisotopic (exact) mass is 631 g/mol. The van der Waals surface area contributed by atoms with Gasteiger partial charge in [0.2, 0.25) is 0 Å². The molecule has 3 aromatic rings. The second-order valence-electron chi connectivity index (χ2n) is 11.9. The lowest BCUT2D eigenvalue weighted by Gasteiger charge is -2.36. The Kier molecular flexibility index (Phi) is 8.63. The van der Waals surface area contributed by atoms with E-state index in [2.05, 4.69) is 78.4 Å². The Balaban J connectivity index is 1.63. The molecule has 0 saturated heterocycles. The van der Waals surface area contributed by atoms with Gasteiger partial charge in [-0.1, -0.05) is 61.9 Å². The van der Waals surface area contributed by atoms with Crippen LogP contribution >= 0.6 is 12.6 Å². The molecule has 0 aromatic heterocycles. The molecule has 0 bridgehead atoms. The molecule has 0 fully saturated rings. The van der Waals surface area contributed by atoms with Gasteiger partial charge in [-0.2, -0.15) is 26.3 Å². The van der Waals surface area contributed by atoms with Gasteiger partial charge in [0.25, 0.3) is 0 Å². The predicted molar refractivity (Wildman–Crippen MR) is 169 cm³/mol. The Morgan fingerprint density at radius 1 is 0.909 bits per heavy atom. The Hall–Kier alpha value is -3.37. The largest absolute Gasteiger partial charge is 0.416 e. The van der Waals surface area contributed by atoms with E-state index in [1.54, 1.807) is 0 Å². The zero-order valence-electron chi connectivity index (χ0n) is 25.0. The number of benzene rings is 3. The highest BCUT2D eigenvalue weighted by atomic mass is 32.1. The quantitative estimate of drug-likeness (QED) is 0.152. The van der Waals surface area contributed by atoms with Gasteiger partial charge < -0.3 is 10.2 Å². The number of thiol groups is 1. The van der Waals surface area contributed by atoms with E-state index in [9.17, 15) is 26.3 Å². The molecule has 4 atom stereocenters. The molecule has 234 valence electrons. The second kappa shape index (κ2) is 11.9. The maximum absolute atomic E-state index is 13.5. The van der Waals surface area contributed by atoms with Crippen LogP contribution in [0.4, 0.5) is 37.7 Å². The van der Waals surface area contributed by atoms with E-state index < -0.39 is 29.0 Å². The number of rotatable bonds is 6. The summed E-state index contributed by atoms with van der Waals surface area (Å²) in [6, 6.07) is 13.4. The predicted octanol–water partition coefficient (Wildman–Crippen LogP) is 7.30. The number of allylic oxidation sites excluding steroid dienone is 1. The highest BCUT2D eigenvalue weighted by molar-refractivity contribution is 7.81. The standard InChI is InChI=1S/C34H35F6N3S/c1-18-12-22-10-11-28(43(4)5)29(27(22)14-19(18)2)30-26-9-7-6-8-21(26)13-20(3)31(30)42-32(44)41-25-16-23(33(35,36)37)15-24(17-25)34(38,39)40/h6-13,15-17,19-20,31-32,41-42,44H,14H2,1-5H3/t19-,20+,31-,32?/m1/s1. The van der Waals surface area contributed by atoms with Crippen molar-refractivity contribution in [1.82, 2.24) is 5.32 Å². The number of fused-ring (bicyclic) bond motifs is 2. The van der Waals surface area contributed by atoms with Crippen LogP contribution in [-0.4, -0.2) is 25.6 Å². The molecule has 2 aliphatic rings. The minimum Gasteiger partial charge on any atom is -0.377 e. The number of nitrogens with zero attached hydrogens (tertiary/aromatic N) is 1. The molecular weight excluding hydrogens is 596 g/mol. The molecule has 3 aromatic carbocycles. The molecule has 1 unspecified atom stereocenters. The summed E-state index contributed by atoms with van der Waals surface area (Å²) in [6.07, 6.45) is -4.73. The first-order valence-corrected chi connectivity index (χ1v) is 14.9. The fourth-order valence-corrected chi connectivity index (χ4v) is 6.47. The molecule has 44 heavy (non-hydrogen) atoms. The molecule has 2 N–H and O–H groups in total. The van der Waals surface area contributed by atoms with Gasteiger partial charge in [0, 0.05) is 37.1 Å². The average Bonchev–Trinajstić information content (AvgIpc) is 2.92. The summed E-state index contributed by atoms with van der Waals surface area (Å²) in [5, 5.41) is 8.22. The molecule has 0 amide bonds. The Bertz CT molecular complexity index is 1690. The number of halogens is 6. The van der Waals surface area contributed by atoms with Crippen LogP contribution in [-0.2, 0) is 18.8 Å². The van der Waals surface area contributed by atoms with Gasteiger partial charge in [-0.3, -0.25) is 5.32 Å². The lowest BCUT2D eigenvalue weighted by Crippen LogP contribution is -2.50. The van der Waals surface area contributed by atoms with Crippen LogP contribution in [0, 0.1) is 11.8 Å². The first kappa shape index (κ1) is 32.0. The number of anilines is 2. The highest BCUT2D eigenvalue weighted by Crippen LogP contribution is 2.41. The van der Waals surface area contributed by atoms with Crippen LogP contribution in [0.2, 0.25) is 0 Å². The summed E-state index contributed by atoms with van der Waals surface area (Å²) in [5.74, 6) is 0.240. The topological polar surface area (TPSA) is 27.3 Å². The minimum atomic E-state index is -4.95. The molecule has 0 heterocycles. The minimum absolute atomic E-state index is 0.0900. The van der Waals surface area contributed by atoms with Gasteiger partial charge in [0.15, 0.2) is 0 Å². The van der Waals surface area contributed by atoms with E-state index in [1.807, 2.05) is 33.2 Å². The fourth-order valence-electron chi connectivity index (χ4n) is 6.17. The van der Waals surface area contributed by atoms with Crippen molar-refractivity contribution >= 4 is 41.7 Å². The van der Waals surface area contributed by atoms with Crippen LogP contribution in [0.1, 0.15) is 48.6 Å². The van der Waals surface area contributed by atoms with Crippen molar-refractivity contribution in [2.75, 3.05) is 24.3 Å². The first-order valence-electron chi connectivity index (χ1n) is 14.4. The second-order valence-corrected chi connectivity index (χ2v) is 12.4. The van der Waals surface area contributed by atoms with Gasteiger partial charge in [-0.25, -0.2) is 0 Å². The van der Waals surface area contributed by atoms with E-state index in [4.69, 9.17) is 0 Å². The van der Waals surface area contributed by atoms with Crippen molar-refractivity contribution < 1.29 is 26.3 Å². The zero-order valence-corrected chi connectivity index (χ0v) is 25.9. The van der Waals surface area contributed by atoms with E-state index in [-0.39, 0.29) is 23.7 Å². The van der Waals surface area contributed by atoms with Gasteiger partial charge in [0.1, 0.15) is 5.50 Å². The van der Waals surface area contributed by atoms with Crippen molar-refractivity contribution in [2.24, 2.45) is 11.8 Å². The van der Waals surface area contributed by atoms with E-state index in [0.717, 1.165) is 39.2 Å². The van der Waals surface area contributed by atoms with Crippen LogP contribution in [0.15, 0.2) is 60.2 Å². The van der Waals surface area contributed by atoms with Crippen LogP contribution < -0.4 is 26.0 Å².